The maximum atomic E-state index is 11.9. The van der Waals surface area contributed by atoms with E-state index >= 15 is 0 Å². The lowest BCUT2D eigenvalue weighted by Crippen LogP contribution is -2.58. The Morgan fingerprint density at radius 2 is 2.00 bits per heavy atom. The predicted octanol–water partition coefficient (Wildman–Crippen LogP) is 2.35. The highest BCUT2D eigenvalue weighted by Gasteiger charge is 2.58. The molecule has 0 radical (unpaired) electrons. The van der Waals surface area contributed by atoms with Gasteiger partial charge < -0.3 is 21.1 Å². The van der Waals surface area contributed by atoms with Gasteiger partial charge in [0, 0.05) is 23.8 Å². The topological polar surface area (TPSA) is 121 Å². The van der Waals surface area contributed by atoms with Gasteiger partial charge in [-0.15, -0.1) is 0 Å². The molecule has 2 heterocycles. The molecule has 4 saturated carbocycles. The monoisotopic (exact) mass is 354 g/mol. The number of carbonyl (C=O) groups excluding carboxylic acids is 1. The number of fused-ring (bicyclic) bond motifs is 1. The molecule has 0 spiro atoms. The second kappa shape index (κ2) is 5.22. The van der Waals surface area contributed by atoms with Gasteiger partial charge in [0.25, 0.3) is 5.91 Å². The van der Waals surface area contributed by atoms with Crippen LogP contribution in [0.3, 0.4) is 0 Å². The van der Waals surface area contributed by atoms with Gasteiger partial charge in [0.15, 0.2) is 0 Å². The van der Waals surface area contributed by atoms with Gasteiger partial charge in [-0.3, -0.25) is 9.59 Å². The maximum absolute atomic E-state index is 11.9. The number of aliphatic carboxylic acids is 1. The molecule has 4 aliphatic carbocycles. The molecule has 7 heteroatoms. The smallest absolute Gasteiger partial charge is 0.309 e. The Bertz CT molecular complexity index is 905. The van der Waals surface area contributed by atoms with Crippen LogP contribution in [0.25, 0.3) is 11.0 Å². The lowest BCUT2D eigenvalue weighted by atomic mass is 9.48. The zero-order chi connectivity index (χ0) is 18.1. The first kappa shape index (κ1) is 15.7. The molecule has 5 atom stereocenters. The number of pyridine rings is 1. The van der Waals surface area contributed by atoms with E-state index in [1.807, 2.05) is 6.07 Å². The van der Waals surface area contributed by atoms with E-state index in [-0.39, 0.29) is 6.04 Å². The first-order valence-electron chi connectivity index (χ1n) is 9.23. The molecule has 3 unspecified atom stereocenters. The number of hydrogen-bond donors (Lipinski definition) is 4. The third-order valence-corrected chi connectivity index (χ3v) is 6.89. The Hall–Kier alpha value is -2.57. The number of nitrogens with two attached hydrogens (primary N) is 1. The van der Waals surface area contributed by atoms with Gasteiger partial charge in [-0.05, 0) is 55.9 Å². The first-order chi connectivity index (χ1) is 12.5. The largest absolute Gasteiger partial charge is 0.481 e. The number of amides is 1. The van der Waals surface area contributed by atoms with Crippen LogP contribution < -0.4 is 11.1 Å². The summed E-state index contributed by atoms with van der Waals surface area (Å²) < 4.78 is 0. The summed E-state index contributed by atoms with van der Waals surface area (Å²) in [4.78, 5) is 31.2. The minimum absolute atomic E-state index is 0.178. The van der Waals surface area contributed by atoms with Crippen LogP contribution in [-0.2, 0) is 4.79 Å². The number of aromatic amines is 1. The van der Waals surface area contributed by atoms with Gasteiger partial charge in [0.2, 0.25) is 0 Å². The van der Waals surface area contributed by atoms with E-state index < -0.39 is 17.3 Å². The number of carboxylic acids is 1. The number of rotatable bonds is 4. The molecule has 2 aromatic heterocycles. The Labute approximate surface area is 150 Å². The van der Waals surface area contributed by atoms with Crippen molar-refractivity contribution in [3.8, 4) is 0 Å². The van der Waals surface area contributed by atoms with Crippen LogP contribution in [0.15, 0.2) is 18.5 Å². The maximum Gasteiger partial charge on any atom is 0.309 e. The van der Waals surface area contributed by atoms with Gasteiger partial charge in [0.1, 0.15) is 5.65 Å². The molecule has 2 aromatic rings. The molecule has 0 saturated heterocycles. The fourth-order valence-electron chi connectivity index (χ4n) is 6.04. The van der Waals surface area contributed by atoms with Crippen molar-refractivity contribution < 1.29 is 14.7 Å². The highest BCUT2D eigenvalue weighted by atomic mass is 16.4. The van der Waals surface area contributed by atoms with Gasteiger partial charge in [-0.1, -0.05) is 0 Å². The fraction of sp³-hybridized carbons (Fsp3) is 0.526. The average Bonchev–Trinajstić information content (AvgIpc) is 3.06. The number of H-pyrrole nitrogens is 1. The van der Waals surface area contributed by atoms with Crippen molar-refractivity contribution in [2.24, 2.45) is 28.9 Å². The molecule has 6 rings (SSSR count). The molecule has 1 amide bonds. The highest BCUT2D eigenvalue weighted by molar-refractivity contribution is 6.06. The summed E-state index contributed by atoms with van der Waals surface area (Å²) in [6.07, 6.45) is 7.71. The van der Waals surface area contributed by atoms with E-state index in [1.165, 1.54) is 6.20 Å². The second-order valence-electron chi connectivity index (χ2n) is 8.38. The number of primary amides is 1. The average molecular weight is 354 g/mol. The van der Waals surface area contributed by atoms with E-state index in [4.69, 9.17) is 5.73 Å². The van der Waals surface area contributed by atoms with E-state index in [2.05, 4.69) is 15.3 Å². The molecular formula is C19H22N4O3. The Morgan fingerprint density at radius 1 is 1.27 bits per heavy atom. The molecular weight excluding hydrogens is 332 g/mol. The third-order valence-electron chi connectivity index (χ3n) is 6.89. The third kappa shape index (κ3) is 2.09. The van der Waals surface area contributed by atoms with Crippen molar-refractivity contribution in [1.82, 2.24) is 9.97 Å². The van der Waals surface area contributed by atoms with Crippen LogP contribution in [-0.4, -0.2) is 33.0 Å². The van der Waals surface area contributed by atoms with Crippen LogP contribution in [0.1, 0.15) is 42.5 Å². The Kier molecular flexibility index (Phi) is 3.14. The molecule has 4 aliphatic rings. The molecule has 26 heavy (non-hydrogen) atoms. The van der Waals surface area contributed by atoms with Crippen molar-refractivity contribution >= 4 is 28.6 Å². The van der Waals surface area contributed by atoms with Crippen molar-refractivity contribution in [3.63, 3.8) is 0 Å². The quantitative estimate of drug-likeness (QED) is 0.671. The van der Waals surface area contributed by atoms with E-state index in [0.717, 1.165) is 43.2 Å². The zero-order valence-electron chi connectivity index (χ0n) is 14.4. The predicted molar refractivity (Wildman–Crippen MR) is 95.6 cm³/mol. The first-order valence-corrected chi connectivity index (χ1v) is 9.23. The molecule has 0 aromatic carbocycles. The SMILES string of the molecule is NC(=O)c1cnc2[nH]ccc2c1NC1[C@@H]2CC3C[C@H]1CC(C(=O)O)(C3)C2. The van der Waals surface area contributed by atoms with Crippen LogP contribution in [0, 0.1) is 23.2 Å². The van der Waals surface area contributed by atoms with Gasteiger partial charge in [0.05, 0.1) is 16.7 Å². The summed E-state index contributed by atoms with van der Waals surface area (Å²) in [6, 6.07) is 2.07. The Morgan fingerprint density at radius 3 is 2.65 bits per heavy atom. The van der Waals surface area contributed by atoms with Crippen LogP contribution in [0.2, 0.25) is 0 Å². The lowest BCUT2D eigenvalue weighted by Gasteiger charge is -2.58. The summed E-state index contributed by atoms with van der Waals surface area (Å²) in [7, 11) is 0. The van der Waals surface area contributed by atoms with Gasteiger partial charge in [-0.2, -0.15) is 0 Å². The number of anilines is 1. The minimum Gasteiger partial charge on any atom is -0.481 e. The summed E-state index contributed by atoms with van der Waals surface area (Å²) >= 11 is 0. The molecule has 4 bridgehead atoms. The van der Waals surface area contributed by atoms with E-state index in [9.17, 15) is 14.7 Å². The zero-order valence-corrected chi connectivity index (χ0v) is 14.4. The van der Waals surface area contributed by atoms with Crippen molar-refractivity contribution in [3.05, 3.63) is 24.0 Å². The standard InChI is InChI=1S/C19H22N4O3/c20-16(24)13-8-22-17-12(1-2-21-17)15(13)23-14-10-3-9-4-11(14)7-19(5-9,6-10)18(25)26/h1-2,8-11,14H,3-7H2,(H2,20,24)(H,25,26)(H2,21,22,23)/t9?,10-,11+,14?,19?. The number of nitrogens with zero attached hydrogens (tertiary/aromatic N) is 1. The molecule has 4 fully saturated rings. The summed E-state index contributed by atoms with van der Waals surface area (Å²) in [5.74, 6) is 0.0153. The number of nitrogens with one attached hydrogen (secondary N) is 2. The summed E-state index contributed by atoms with van der Waals surface area (Å²) in [5.41, 5.74) is 6.87. The van der Waals surface area contributed by atoms with Crippen molar-refractivity contribution in [2.75, 3.05) is 5.32 Å². The minimum atomic E-state index is -0.634. The van der Waals surface area contributed by atoms with Crippen molar-refractivity contribution in [2.45, 2.75) is 38.1 Å². The van der Waals surface area contributed by atoms with Crippen LogP contribution in [0.4, 0.5) is 5.69 Å². The fourth-order valence-corrected chi connectivity index (χ4v) is 6.04. The summed E-state index contributed by atoms with van der Waals surface area (Å²) in [6.45, 7) is 0. The number of aromatic nitrogens is 2. The molecule has 136 valence electrons. The molecule has 0 aliphatic heterocycles. The molecule has 7 nitrogen and oxygen atoms in total. The Balaban J connectivity index is 1.53. The van der Waals surface area contributed by atoms with E-state index in [0.29, 0.717) is 29.0 Å². The number of carbonyl (C=O) groups is 2. The van der Waals surface area contributed by atoms with Crippen molar-refractivity contribution in [1.29, 1.82) is 0 Å². The van der Waals surface area contributed by atoms with Gasteiger partial charge in [-0.25, -0.2) is 4.98 Å². The lowest BCUT2D eigenvalue weighted by molar-refractivity contribution is -0.165. The van der Waals surface area contributed by atoms with E-state index in [1.54, 1.807) is 6.20 Å². The van der Waals surface area contributed by atoms with Crippen LogP contribution in [0.5, 0.6) is 0 Å². The second-order valence-corrected chi connectivity index (χ2v) is 8.38. The van der Waals surface area contributed by atoms with Gasteiger partial charge >= 0.3 is 5.97 Å². The molecule has 5 N–H and O–H groups in total. The summed E-state index contributed by atoms with van der Waals surface area (Å²) in [5, 5.41) is 14.2. The number of carboxylic acid groups (broad SMARTS) is 1. The highest BCUT2D eigenvalue weighted by Crippen LogP contribution is 2.60. The number of hydrogen-bond acceptors (Lipinski definition) is 4. The normalized spacial score (nSPS) is 34.9. The van der Waals surface area contributed by atoms with Crippen LogP contribution >= 0.6 is 0 Å².